The maximum Gasteiger partial charge on any atom is 0.161 e. The normalized spacial score (nSPS) is 10.5. The van der Waals surface area contributed by atoms with Gasteiger partial charge in [0.15, 0.2) is 5.82 Å². The van der Waals surface area contributed by atoms with Crippen LogP contribution in [0.5, 0.6) is 0 Å². The summed E-state index contributed by atoms with van der Waals surface area (Å²) >= 11 is 3.42. The van der Waals surface area contributed by atoms with Crippen LogP contribution in [0.25, 0.3) is 11.4 Å². The average molecular weight is 330 g/mol. The van der Waals surface area contributed by atoms with Gasteiger partial charge in [-0.15, -0.1) is 0 Å². The molecule has 3 rings (SSSR count). The highest BCUT2D eigenvalue weighted by Gasteiger charge is 2.06. The Morgan fingerprint density at radius 3 is 2.65 bits per heavy atom. The zero-order valence-corrected chi connectivity index (χ0v) is 12.3. The molecule has 100 valence electrons. The quantitative estimate of drug-likeness (QED) is 0.769. The van der Waals surface area contributed by atoms with Crippen molar-refractivity contribution < 1.29 is 0 Å². The number of hydrogen-bond donors (Lipinski definition) is 2. The lowest BCUT2D eigenvalue weighted by Gasteiger charge is -2.07. The molecule has 0 spiro atoms. The van der Waals surface area contributed by atoms with Gasteiger partial charge in [0.25, 0.3) is 0 Å². The number of benzene rings is 1. The largest absolute Gasteiger partial charge is 0.338 e. The summed E-state index contributed by atoms with van der Waals surface area (Å²) in [7, 11) is 0. The van der Waals surface area contributed by atoms with E-state index in [1.165, 1.54) is 0 Å². The van der Waals surface area contributed by atoms with Crippen molar-refractivity contribution in [3.63, 3.8) is 0 Å². The van der Waals surface area contributed by atoms with E-state index in [9.17, 15) is 0 Å². The van der Waals surface area contributed by atoms with Gasteiger partial charge in [0, 0.05) is 28.0 Å². The lowest BCUT2D eigenvalue weighted by Crippen LogP contribution is -1.98. The Kier molecular flexibility index (Phi) is 3.47. The molecule has 0 aliphatic rings. The fourth-order valence-corrected chi connectivity index (χ4v) is 2.09. The maximum absolute atomic E-state index is 4.53. The predicted octanol–water partition coefficient (Wildman–Crippen LogP) is 3.68. The fourth-order valence-electron chi connectivity index (χ4n) is 1.83. The van der Waals surface area contributed by atoms with Crippen LogP contribution in [-0.4, -0.2) is 20.2 Å². The molecule has 0 atom stereocenters. The highest BCUT2D eigenvalue weighted by Crippen LogP contribution is 2.21. The second kappa shape index (κ2) is 5.42. The van der Waals surface area contributed by atoms with Crippen LogP contribution in [0, 0.1) is 6.92 Å². The molecule has 0 aliphatic carbocycles. The lowest BCUT2D eigenvalue weighted by molar-refractivity contribution is 1.09. The molecule has 20 heavy (non-hydrogen) atoms. The molecule has 0 saturated heterocycles. The molecule has 2 heterocycles. The Balaban J connectivity index is 1.96. The average Bonchev–Trinajstić information content (AvgIpc) is 2.91. The Labute approximate surface area is 124 Å². The van der Waals surface area contributed by atoms with Gasteiger partial charge in [-0.3, -0.25) is 5.10 Å². The predicted molar refractivity (Wildman–Crippen MR) is 81.8 cm³/mol. The molecule has 2 N–H and O–H groups in total. The molecule has 0 unspecified atom stereocenters. The van der Waals surface area contributed by atoms with Crippen molar-refractivity contribution >= 4 is 27.4 Å². The molecule has 0 radical (unpaired) electrons. The van der Waals surface area contributed by atoms with E-state index in [0.29, 0.717) is 5.82 Å². The Hall–Kier alpha value is -2.21. The number of aryl methyl sites for hydroxylation is 1. The van der Waals surface area contributed by atoms with Crippen LogP contribution in [0.2, 0.25) is 0 Å². The van der Waals surface area contributed by atoms with Crippen LogP contribution in [0.15, 0.2) is 47.2 Å². The topological polar surface area (TPSA) is 66.5 Å². The minimum atomic E-state index is 0.698. The monoisotopic (exact) mass is 329 g/mol. The van der Waals surface area contributed by atoms with Gasteiger partial charge in [-0.25, -0.2) is 9.97 Å². The molecular weight excluding hydrogens is 318 g/mol. The number of halogens is 1. The van der Waals surface area contributed by atoms with Gasteiger partial charge in [-0.1, -0.05) is 28.1 Å². The standard InChI is InChI=1S/C14H12BrN5/c1-9-6-13(19-12-7-16-17-8-12)20-14(18-9)10-2-4-11(15)5-3-10/h2-8H,1H3,(H,16,17)(H,18,19,20). The van der Waals surface area contributed by atoms with Crippen molar-refractivity contribution in [2.45, 2.75) is 6.92 Å². The van der Waals surface area contributed by atoms with Gasteiger partial charge < -0.3 is 5.32 Å². The van der Waals surface area contributed by atoms with Crippen LogP contribution in [0.3, 0.4) is 0 Å². The first-order valence-corrected chi connectivity index (χ1v) is 6.87. The van der Waals surface area contributed by atoms with Crippen molar-refractivity contribution in [3.8, 4) is 11.4 Å². The van der Waals surface area contributed by atoms with Crippen molar-refractivity contribution in [2.75, 3.05) is 5.32 Å². The third-order valence-corrected chi connectivity index (χ3v) is 3.26. The molecule has 0 saturated carbocycles. The second-order valence-corrected chi connectivity index (χ2v) is 5.25. The Morgan fingerprint density at radius 1 is 1.15 bits per heavy atom. The van der Waals surface area contributed by atoms with Crippen molar-refractivity contribution in [1.29, 1.82) is 0 Å². The summed E-state index contributed by atoms with van der Waals surface area (Å²) in [5, 5.41) is 9.84. The first-order chi connectivity index (χ1) is 9.70. The van der Waals surface area contributed by atoms with Gasteiger partial charge in [0.2, 0.25) is 0 Å². The Bertz CT molecular complexity index is 707. The molecule has 0 bridgehead atoms. The number of nitrogens with zero attached hydrogens (tertiary/aromatic N) is 3. The zero-order valence-electron chi connectivity index (χ0n) is 10.8. The van der Waals surface area contributed by atoms with E-state index in [2.05, 4.69) is 41.4 Å². The van der Waals surface area contributed by atoms with Crippen molar-refractivity contribution in [3.05, 3.63) is 52.9 Å². The third-order valence-electron chi connectivity index (χ3n) is 2.73. The van der Waals surface area contributed by atoms with Crippen LogP contribution >= 0.6 is 15.9 Å². The minimum absolute atomic E-state index is 0.698. The van der Waals surface area contributed by atoms with E-state index in [4.69, 9.17) is 0 Å². The van der Waals surface area contributed by atoms with E-state index in [-0.39, 0.29) is 0 Å². The highest BCUT2D eigenvalue weighted by atomic mass is 79.9. The summed E-state index contributed by atoms with van der Waals surface area (Å²) < 4.78 is 1.03. The van der Waals surface area contributed by atoms with Crippen LogP contribution in [-0.2, 0) is 0 Å². The number of nitrogens with one attached hydrogen (secondary N) is 2. The summed E-state index contributed by atoms with van der Waals surface area (Å²) in [6.45, 7) is 1.95. The Morgan fingerprint density at radius 2 is 1.95 bits per heavy atom. The van der Waals surface area contributed by atoms with Crippen LogP contribution in [0.4, 0.5) is 11.5 Å². The van der Waals surface area contributed by atoms with Crippen LogP contribution in [0.1, 0.15) is 5.69 Å². The van der Waals surface area contributed by atoms with Gasteiger partial charge >= 0.3 is 0 Å². The van der Waals surface area contributed by atoms with Crippen molar-refractivity contribution in [1.82, 2.24) is 20.2 Å². The van der Waals surface area contributed by atoms with E-state index in [1.54, 1.807) is 12.4 Å². The summed E-state index contributed by atoms with van der Waals surface area (Å²) in [6, 6.07) is 9.82. The lowest BCUT2D eigenvalue weighted by atomic mass is 10.2. The molecule has 1 aromatic carbocycles. The fraction of sp³-hybridized carbons (Fsp3) is 0.0714. The summed E-state index contributed by atoms with van der Waals surface area (Å²) in [6.07, 6.45) is 3.48. The molecule has 2 aromatic heterocycles. The van der Waals surface area contributed by atoms with E-state index in [0.717, 1.165) is 27.2 Å². The number of aromatic nitrogens is 4. The number of anilines is 2. The number of H-pyrrole nitrogens is 1. The van der Waals surface area contributed by atoms with Gasteiger partial charge in [-0.05, 0) is 19.1 Å². The van der Waals surface area contributed by atoms with E-state index in [1.807, 2.05) is 37.3 Å². The van der Waals surface area contributed by atoms with E-state index < -0.39 is 0 Å². The van der Waals surface area contributed by atoms with Gasteiger partial charge in [-0.2, -0.15) is 5.10 Å². The summed E-state index contributed by atoms with van der Waals surface area (Å²) in [4.78, 5) is 9.00. The van der Waals surface area contributed by atoms with Crippen molar-refractivity contribution in [2.24, 2.45) is 0 Å². The number of aromatic amines is 1. The molecule has 0 amide bonds. The zero-order chi connectivity index (χ0) is 13.9. The van der Waals surface area contributed by atoms with E-state index >= 15 is 0 Å². The molecule has 0 fully saturated rings. The molecule has 5 nitrogen and oxygen atoms in total. The summed E-state index contributed by atoms with van der Waals surface area (Å²) in [5.74, 6) is 1.44. The second-order valence-electron chi connectivity index (χ2n) is 4.34. The third kappa shape index (κ3) is 2.85. The SMILES string of the molecule is Cc1cc(Nc2cn[nH]c2)nc(-c2ccc(Br)cc2)n1. The first-order valence-electron chi connectivity index (χ1n) is 6.08. The first kappa shape index (κ1) is 12.8. The molecule has 0 aliphatic heterocycles. The molecule has 3 aromatic rings. The molecule has 6 heteroatoms. The highest BCUT2D eigenvalue weighted by molar-refractivity contribution is 9.10. The number of rotatable bonds is 3. The minimum Gasteiger partial charge on any atom is -0.338 e. The van der Waals surface area contributed by atoms with Crippen LogP contribution < -0.4 is 5.32 Å². The van der Waals surface area contributed by atoms with Gasteiger partial charge in [0.05, 0.1) is 11.9 Å². The number of hydrogen-bond acceptors (Lipinski definition) is 4. The summed E-state index contributed by atoms with van der Waals surface area (Å²) in [5.41, 5.74) is 2.75. The van der Waals surface area contributed by atoms with Gasteiger partial charge in [0.1, 0.15) is 5.82 Å². The maximum atomic E-state index is 4.53. The smallest absolute Gasteiger partial charge is 0.161 e. The molecular formula is C14H12BrN5.